The van der Waals surface area contributed by atoms with Crippen LogP contribution in [-0.2, 0) is 30.5 Å². The molecular weight excluding hydrogens is 390 g/mol. The average molecular weight is 421 g/mol. The van der Waals surface area contributed by atoms with Crippen molar-refractivity contribution in [1.29, 1.82) is 0 Å². The first-order valence-electron chi connectivity index (χ1n) is 9.50. The van der Waals surface area contributed by atoms with Crippen LogP contribution in [0.5, 0.6) is 0 Å². The molecule has 166 valence electrons. The van der Waals surface area contributed by atoms with Crippen molar-refractivity contribution in [2.75, 3.05) is 40.8 Å². The van der Waals surface area contributed by atoms with Crippen LogP contribution in [-0.4, -0.2) is 85.0 Å². The molecule has 9 heteroatoms. The van der Waals surface area contributed by atoms with Gasteiger partial charge in [-0.1, -0.05) is 30.3 Å². The summed E-state index contributed by atoms with van der Waals surface area (Å²) >= 11 is 0. The summed E-state index contributed by atoms with van der Waals surface area (Å²) in [5, 5.41) is 0. The fourth-order valence-corrected chi connectivity index (χ4v) is 2.21. The quantitative estimate of drug-likeness (QED) is 0.591. The molecule has 0 aliphatic rings. The summed E-state index contributed by atoms with van der Waals surface area (Å²) in [5.74, 6) is -1.41. The van der Waals surface area contributed by atoms with Gasteiger partial charge >= 0.3 is 12.1 Å². The molecule has 0 unspecified atom stereocenters. The highest BCUT2D eigenvalue weighted by atomic mass is 16.6. The predicted octanol–water partition coefficient (Wildman–Crippen LogP) is 1.51. The van der Waals surface area contributed by atoms with Crippen molar-refractivity contribution >= 4 is 23.9 Å². The van der Waals surface area contributed by atoms with Gasteiger partial charge in [0.05, 0.1) is 6.54 Å². The third kappa shape index (κ3) is 9.40. The molecule has 1 aromatic carbocycles. The smallest absolute Gasteiger partial charge is 0.410 e. The Hall–Kier alpha value is -3.10. The third-order valence-electron chi connectivity index (χ3n) is 3.91. The molecule has 0 aliphatic carbocycles. The van der Waals surface area contributed by atoms with Gasteiger partial charge in [-0.3, -0.25) is 14.4 Å². The highest BCUT2D eigenvalue weighted by molar-refractivity contribution is 5.88. The average Bonchev–Trinajstić information content (AvgIpc) is 2.65. The number of hydrogen-bond acceptors (Lipinski definition) is 6. The number of benzene rings is 1. The van der Waals surface area contributed by atoms with Crippen LogP contribution in [0.1, 0.15) is 26.3 Å². The fourth-order valence-electron chi connectivity index (χ4n) is 2.21. The summed E-state index contributed by atoms with van der Waals surface area (Å²) in [6.45, 7) is 4.61. The van der Waals surface area contributed by atoms with Gasteiger partial charge in [-0.15, -0.1) is 0 Å². The van der Waals surface area contributed by atoms with Crippen molar-refractivity contribution in [3.63, 3.8) is 0 Å². The Morgan fingerprint density at radius 1 is 0.800 bits per heavy atom. The Bertz CT molecular complexity index is 745. The number of ether oxygens (including phenoxy) is 2. The Morgan fingerprint density at radius 3 is 1.83 bits per heavy atom. The van der Waals surface area contributed by atoms with Crippen LogP contribution in [0.3, 0.4) is 0 Å². The minimum absolute atomic E-state index is 0.122. The highest BCUT2D eigenvalue weighted by Gasteiger charge is 2.24. The van der Waals surface area contributed by atoms with Crippen LogP contribution in [0.4, 0.5) is 4.79 Å². The molecule has 0 N–H and O–H groups in total. The highest BCUT2D eigenvalue weighted by Crippen LogP contribution is 2.09. The second kappa shape index (κ2) is 11.2. The van der Waals surface area contributed by atoms with Crippen molar-refractivity contribution in [2.45, 2.75) is 33.0 Å². The molecule has 0 saturated carbocycles. The lowest BCUT2D eigenvalue weighted by Crippen LogP contribution is -2.45. The van der Waals surface area contributed by atoms with Gasteiger partial charge in [0.1, 0.15) is 25.3 Å². The van der Waals surface area contributed by atoms with Gasteiger partial charge in [0.25, 0.3) is 0 Å². The van der Waals surface area contributed by atoms with Gasteiger partial charge in [0.15, 0.2) is 0 Å². The van der Waals surface area contributed by atoms with Gasteiger partial charge in [0.2, 0.25) is 11.8 Å². The summed E-state index contributed by atoms with van der Waals surface area (Å²) in [6, 6.07) is 9.20. The first-order valence-corrected chi connectivity index (χ1v) is 9.50. The van der Waals surface area contributed by atoms with E-state index in [1.807, 2.05) is 30.3 Å². The standard InChI is InChI=1S/C21H31N3O6/c1-21(2,3)30-20(28)24(6)13-18(26)22(4)12-17(25)23(5)14-19(27)29-15-16-10-8-7-9-11-16/h7-11H,12-15H2,1-6H3. The van der Waals surface area contributed by atoms with Gasteiger partial charge < -0.3 is 24.2 Å². The molecular formula is C21H31N3O6. The zero-order valence-electron chi connectivity index (χ0n) is 18.5. The summed E-state index contributed by atoms with van der Waals surface area (Å²) < 4.78 is 10.3. The normalized spacial score (nSPS) is 10.7. The van der Waals surface area contributed by atoms with Crippen LogP contribution in [0.2, 0.25) is 0 Å². The van der Waals surface area contributed by atoms with Crippen molar-refractivity contribution in [2.24, 2.45) is 0 Å². The summed E-state index contributed by atoms with van der Waals surface area (Å²) in [6.07, 6.45) is -0.631. The maximum absolute atomic E-state index is 12.3. The van der Waals surface area contributed by atoms with E-state index in [1.165, 1.54) is 30.9 Å². The molecule has 3 amide bonds. The molecule has 9 nitrogen and oxygen atoms in total. The van der Waals surface area contributed by atoms with E-state index in [2.05, 4.69) is 0 Å². The van der Waals surface area contributed by atoms with E-state index in [9.17, 15) is 19.2 Å². The lowest BCUT2D eigenvalue weighted by atomic mass is 10.2. The largest absolute Gasteiger partial charge is 0.459 e. The van der Waals surface area contributed by atoms with Crippen LogP contribution >= 0.6 is 0 Å². The molecule has 1 aromatic rings. The van der Waals surface area contributed by atoms with Crippen molar-refractivity contribution in [3.05, 3.63) is 35.9 Å². The van der Waals surface area contributed by atoms with E-state index in [-0.39, 0.29) is 26.2 Å². The predicted molar refractivity (Wildman–Crippen MR) is 110 cm³/mol. The van der Waals surface area contributed by atoms with Crippen molar-refractivity contribution in [3.8, 4) is 0 Å². The van der Waals surface area contributed by atoms with Crippen molar-refractivity contribution < 1.29 is 28.7 Å². The fraction of sp³-hybridized carbons (Fsp3) is 0.524. The SMILES string of the molecule is CN(CC(=O)OCc1ccccc1)C(=O)CN(C)C(=O)CN(C)C(=O)OC(C)(C)C. The molecule has 1 rings (SSSR count). The minimum atomic E-state index is -0.673. The maximum Gasteiger partial charge on any atom is 0.410 e. The molecule has 30 heavy (non-hydrogen) atoms. The number of carbonyl (C=O) groups excluding carboxylic acids is 4. The Balaban J connectivity index is 2.43. The minimum Gasteiger partial charge on any atom is -0.459 e. The van der Waals surface area contributed by atoms with Crippen LogP contribution in [0, 0.1) is 0 Å². The van der Waals surface area contributed by atoms with E-state index in [1.54, 1.807) is 20.8 Å². The monoisotopic (exact) mass is 421 g/mol. The van der Waals surface area contributed by atoms with Gasteiger partial charge in [-0.2, -0.15) is 0 Å². The molecule has 0 saturated heterocycles. The molecule has 0 aromatic heterocycles. The molecule has 0 atom stereocenters. The zero-order chi connectivity index (χ0) is 22.9. The summed E-state index contributed by atoms with van der Waals surface area (Å²) in [5.41, 5.74) is 0.174. The maximum atomic E-state index is 12.3. The van der Waals surface area contributed by atoms with Crippen LogP contribution in [0.25, 0.3) is 0 Å². The second-order valence-electron chi connectivity index (χ2n) is 7.98. The molecule has 0 spiro atoms. The lowest BCUT2D eigenvalue weighted by molar-refractivity contribution is -0.150. The number of likely N-dealkylation sites (N-methyl/N-ethyl adjacent to an activating group) is 3. The van der Waals surface area contributed by atoms with E-state index in [0.717, 1.165) is 10.5 Å². The van der Waals surface area contributed by atoms with E-state index < -0.39 is 29.5 Å². The second-order valence-corrected chi connectivity index (χ2v) is 7.98. The zero-order valence-corrected chi connectivity index (χ0v) is 18.5. The number of amides is 3. The lowest BCUT2D eigenvalue weighted by Gasteiger charge is -2.26. The van der Waals surface area contributed by atoms with Crippen LogP contribution < -0.4 is 0 Å². The molecule has 0 fully saturated rings. The van der Waals surface area contributed by atoms with Crippen LogP contribution in [0.15, 0.2) is 30.3 Å². The number of nitrogens with zero attached hydrogens (tertiary/aromatic N) is 3. The Labute approximate surface area is 177 Å². The summed E-state index contributed by atoms with van der Waals surface area (Å²) in [4.78, 5) is 52.0. The van der Waals surface area contributed by atoms with E-state index >= 15 is 0 Å². The molecule has 0 heterocycles. The summed E-state index contributed by atoms with van der Waals surface area (Å²) in [7, 11) is 4.35. The molecule has 0 radical (unpaired) electrons. The number of esters is 1. The number of rotatable bonds is 8. The Morgan fingerprint density at radius 2 is 1.30 bits per heavy atom. The number of hydrogen-bond donors (Lipinski definition) is 0. The van der Waals surface area contributed by atoms with E-state index in [0.29, 0.717) is 0 Å². The first-order chi connectivity index (χ1) is 13.9. The topological polar surface area (TPSA) is 96.5 Å². The van der Waals surface area contributed by atoms with Crippen molar-refractivity contribution in [1.82, 2.24) is 14.7 Å². The Kier molecular flexibility index (Phi) is 9.29. The first kappa shape index (κ1) is 24.9. The molecule has 0 aliphatic heterocycles. The van der Waals surface area contributed by atoms with Gasteiger partial charge in [-0.25, -0.2) is 4.79 Å². The number of carbonyl (C=O) groups is 4. The van der Waals surface area contributed by atoms with Gasteiger partial charge in [0, 0.05) is 21.1 Å². The third-order valence-corrected chi connectivity index (χ3v) is 3.91. The van der Waals surface area contributed by atoms with Gasteiger partial charge in [-0.05, 0) is 26.3 Å². The van der Waals surface area contributed by atoms with E-state index in [4.69, 9.17) is 9.47 Å². The molecule has 0 bridgehead atoms.